The lowest BCUT2D eigenvalue weighted by molar-refractivity contribution is 0.100. The first kappa shape index (κ1) is 15.3. The van der Waals surface area contributed by atoms with E-state index in [9.17, 15) is 4.79 Å². The van der Waals surface area contributed by atoms with Crippen molar-refractivity contribution in [1.82, 2.24) is 9.47 Å². The largest absolute Gasteiger partial charge is 0.375 e. The Morgan fingerprint density at radius 3 is 2.35 bits per heavy atom. The summed E-state index contributed by atoms with van der Waals surface area (Å²) in [4.78, 5) is 14.3. The molecule has 0 fully saturated rings. The van der Waals surface area contributed by atoms with Crippen LogP contribution in [-0.2, 0) is 0 Å². The predicted octanol–water partition coefficient (Wildman–Crippen LogP) is 4.63. The number of benzene rings is 2. The van der Waals surface area contributed by atoms with Crippen LogP contribution in [0.15, 0.2) is 54.7 Å². The quantitative estimate of drug-likeness (QED) is 0.518. The van der Waals surface area contributed by atoms with Crippen molar-refractivity contribution in [2.75, 3.05) is 14.1 Å². The summed E-state index contributed by atoms with van der Waals surface area (Å²) in [6.45, 7) is 8.24. The van der Waals surface area contributed by atoms with Crippen LogP contribution in [0.4, 0.5) is 0 Å². The van der Waals surface area contributed by atoms with Gasteiger partial charge in [0, 0.05) is 47.5 Å². The van der Waals surface area contributed by atoms with Crippen molar-refractivity contribution in [1.29, 1.82) is 0 Å². The summed E-state index contributed by atoms with van der Waals surface area (Å²) in [5.41, 5.74) is 3.54. The molecule has 1 heterocycles. The topological polar surface area (TPSA) is 25.2 Å². The number of hydrogen-bond donors (Lipinski definition) is 0. The number of hydrogen-bond acceptors (Lipinski definition) is 2. The van der Waals surface area contributed by atoms with Crippen molar-refractivity contribution >= 4 is 27.6 Å². The molecular formula is C20H22N2O. The molecule has 0 atom stereocenters. The van der Waals surface area contributed by atoms with Crippen LogP contribution in [0.5, 0.6) is 0 Å². The monoisotopic (exact) mass is 306 g/mol. The van der Waals surface area contributed by atoms with Crippen LogP contribution in [0.1, 0.15) is 30.2 Å². The number of nitrogens with zero attached hydrogens (tertiary/aromatic N) is 2. The van der Waals surface area contributed by atoms with Gasteiger partial charge < -0.3 is 9.47 Å². The molecule has 0 aliphatic heterocycles. The Bertz CT molecular complexity index is 916. The number of aromatic nitrogens is 1. The molecule has 0 bridgehead atoms. The van der Waals surface area contributed by atoms with Gasteiger partial charge in [-0.1, -0.05) is 24.8 Å². The summed E-state index contributed by atoms with van der Waals surface area (Å²) < 4.78 is 2.32. The number of ketones is 1. The molecule has 0 radical (unpaired) electrons. The van der Waals surface area contributed by atoms with Crippen molar-refractivity contribution in [3.8, 4) is 0 Å². The van der Waals surface area contributed by atoms with E-state index in [1.54, 1.807) is 4.90 Å². The molecule has 0 unspecified atom stereocenters. The van der Waals surface area contributed by atoms with Gasteiger partial charge in [-0.15, -0.1) is 0 Å². The van der Waals surface area contributed by atoms with Crippen molar-refractivity contribution < 1.29 is 4.79 Å². The molecule has 23 heavy (non-hydrogen) atoms. The highest BCUT2D eigenvalue weighted by molar-refractivity contribution is 6.14. The molecular weight excluding hydrogens is 284 g/mol. The van der Waals surface area contributed by atoms with Gasteiger partial charge in [0.2, 0.25) is 5.78 Å². The van der Waals surface area contributed by atoms with Crippen molar-refractivity contribution in [3.05, 3.63) is 60.3 Å². The fourth-order valence-corrected chi connectivity index (χ4v) is 3.07. The molecule has 0 aliphatic rings. The van der Waals surface area contributed by atoms with Crippen LogP contribution >= 0.6 is 0 Å². The Balaban J connectivity index is 2.27. The summed E-state index contributed by atoms with van der Waals surface area (Å²) in [6, 6.07) is 14.6. The summed E-state index contributed by atoms with van der Waals surface area (Å²) >= 11 is 0. The molecule has 0 saturated carbocycles. The minimum absolute atomic E-state index is 0.0294. The lowest BCUT2D eigenvalue weighted by Gasteiger charge is -2.14. The number of likely N-dealkylation sites (N-methyl/N-ethyl adjacent to an activating group) is 1. The lowest BCUT2D eigenvalue weighted by atomic mass is 10.0. The molecule has 0 spiro atoms. The summed E-state index contributed by atoms with van der Waals surface area (Å²) in [6.07, 6.45) is 0. The van der Waals surface area contributed by atoms with Gasteiger partial charge in [-0.2, -0.15) is 0 Å². The van der Waals surface area contributed by atoms with E-state index in [1.807, 2.05) is 38.4 Å². The molecule has 0 amide bonds. The third kappa shape index (κ3) is 2.42. The molecule has 3 aromatic rings. The second-order valence-corrected chi connectivity index (χ2v) is 6.38. The molecule has 3 nitrogen and oxygen atoms in total. The summed E-state index contributed by atoms with van der Waals surface area (Å²) in [5.74, 6) is -0.0294. The average molecular weight is 306 g/mol. The standard InChI is InChI=1S/C20H22N2O/c1-13(2)22-18-9-7-6-8-16(18)17-12-15(10-11-19(17)22)20(23)14(3)21(4)5/h6-13H,3H2,1-2,4-5H3. The lowest BCUT2D eigenvalue weighted by Crippen LogP contribution is -2.18. The van der Waals surface area contributed by atoms with E-state index in [4.69, 9.17) is 0 Å². The van der Waals surface area contributed by atoms with Crippen LogP contribution in [0.2, 0.25) is 0 Å². The van der Waals surface area contributed by atoms with E-state index in [1.165, 1.54) is 10.9 Å². The number of fused-ring (bicyclic) bond motifs is 3. The number of carbonyl (C=O) groups is 1. The van der Waals surface area contributed by atoms with E-state index in [-0.39, 0.29) is 5.78 Å². The van der Waals surface area contributed by atoms with Gasteiger partial charge in [0.15, 0.2) is 0 Å². The third-order valence-electron chi connectivity index (χ3n) is 4.29. The summed E-state index contributed by atoms with van der Waals surface area (Å²) in [7, 11) is 3.67. The van der Waals surface area contributed by atoms with Crippen molar-refractivity contribution in [2.24, 2.45) is 0 Å². The minimum Gasteiger partial charge on any atom is -0.375 e. The van der Waals surface area contributed by atoms with Gasteiger partial charge in [0.05, 0.1) is 5.70 Å². The van der Waals surface area contributed by atoms with Crippen molar-refractivity contribution in [3.63, 3.8) is 0 Å². The Morgan fingerprint density at radius 2 is 1.70 bits per heavy atom. The molecule has 1 aromatic heterocycles. The molecule has 3 rings (SSSR count). The van der Waals surface area contributed by atoms with Crippen LogP contribution in [0.25, 0.3) is 21.8 Å². The fourth-order valence-electron chi connectivity index (χ4n) is 3.07. The number of Topliss-reactive ketones (excluding diaryl/α,β-unsaturated/α-hetero) is 1. The predicted molar refractivity (Wildman–Crippen MR) is 97.0 cm³/mol. The number of rotatable bonds is 4. The Labute approximate surface area is 136 Å². The maximum Gasteiger partial charge on any atom is 0.208 e. The number of allylic oxidation sites excluding steroid dienone is 1. The molecule has 3 heteroatoms. The zero-order valence-electron chi connectivity index (χ0n) is 14.1. The second-order valence-electron chi connectivity index (χ2n) is 6.38. The molecule has 0 aliphatic carbocycles. The average Bonchev–Trinajstić information content (AvgIpc) is 2.87. The van der Waals surface area contributed by atoms with E-state index in [2.05, 4.69) is 43.2 Å². The van der Waals surface area contributed by atoms with Crippen LogP contribution < -0.4 is 0 Å². The van der Waals surface area contributed by atoms with Crippen LogP contribution in [0.3, 0.4) is 0 Å². The second kappa shape index (κ2) is 5.58. The normalized spacial score (nSPS) is 11.3. The first-order valence-corrected chi connectivity index (χ1v) is 7.85. The molecule has 118 valence electrons. The van der Waals surface area contributed by atoms with E-state index in [0.717, 1.165) is 10.9 Å². The van der Waals surface area contributed by atoms with E-state index < -0.39 is 0 Å². The Kier molecular flexibility index (Phi) is 3.72. The van der Waals surface area contributed by atoms with Gasteiger partial charge in [0.25, 0.3) is 0 Å². The molecule has 2 aromatic carbocycles. The van der Waals surface area contributed by atoms with Crippen LogP contribution in [0, 0.1) is 0 Å². The van der Waals surface area contributed by atoms with Gasteiger partial charge in [-0.05, 0) is 38.1 Å². The van der Waals surface area contributed by atoms with Crippen LogP contribution in [-0.4, -0.2) is 29.3 Å². The van der Waals surface area contributed by atoms with E-state index in [0.29, 0.717) is 17.3 Å². The number of carbonyl (C=O) groups excluding carboxylic acids is 1. The smallest absolute Gasteiger partial charge is 0.208 e. The number of para-hydroxylation sites is 1. The van der Waals surface area contributed by atoms with Gasteiger partial charge in [0.1, 0.15) is 0 Å². The highest BCUT2D eigenvalue weighted by Crippen LogP contribution is 2.32. The fraction of sp³-hybridized carbons (Fsp3) is 0.250. The third-order valence-corrected chi connectivity index (χ3v) is 4.29. The van der Waals surface area contributed by atoms with Gasteiger partial charge in [-0.3, -0.25) is 4.79 Å². The highest BCUT2D eigenvalue weighted by Gasteiger charge is 2.16. The highest BCUT2D eigenvalue weighted by atomic mass is 16.1. The maximum atomic E-state index is 12.6. The maximum absolute atomic E-state index is 12.6. The van der Waals surface area contributed by atoms with Gasteiger partial charge >= 0.3 is 0 Å². The van der Waals surface area contributed by atoms with Gasteiger partial charge in [-0.25, -0.2) is 0 Å². The zero-order valence-corrected chi connectivity index (χ0v) is 14.1. The minimum atomic E-state index is -0.0294. The Hall–Kier alpha value is -2.55. The summed E-state index contributed by atoms with van der Waals surface area (Å²) in [5, 5.41) is 2.30. The first-order valence-electron chi connectivity index (χ1n) is 7.85. The van der Waals surface area contributed by atoms with E-state index >= 15 is 0 Å². The molecule has 0 N–H and O–H groups in total. The first-order chi connectivity index (χ1) is 10.9. The van der Waals surface area contributed by atoms with Crippen molar-refractivity contribution in [2.45, 2.75) is 19.9 Å². The Morgan fingerprint density at radius 1 is 1.04 bits per heavy atom. The zero-order chi connectivity index (χ0) is 16.7. The SMILES string of the molecule is C=C(C(=O)c1ccc2c(c1)c1ccccc1n2C(C)C)N(C)C. The molecule has 0 saturated heterocycles.